The molecule has 190 valence electrons. The number of aryl methyl sites for hydroxylation is 1. The third kappa shape index (κ3) is 4.21. The number of imidazole rings is 2. The molecule has 1 fully saturated rings. The molecule has 0 spiro atoms. The van der Waals surface area contributed by atoms with Crippen LogP contribution in [0, 0.1) is 0 Å². The Balaban J connectivity index is 1.64. The van der Waals surface area contributed by atoms with E-state index in [0.29, 0.717) is 11.8 Å². The summed E-state index contributed by atoms with van der Waals surface area (Å²) in [5, 5.41) is -0.144. The lowest BCUT2D eigenvalue weighted by molar-refractivity contribution is -0.149. The van der Waals surface area contributed by atoms with Crippen LogP contribution in [0.4, 0.5) is 13.2 Å². The molecular formula is C23H22F3N5O4S. The van der Waals surface area contributed by atoms with Gasteiger partial charge in [-0.25, -0.2) is 23.4 Å². The van der Waals surface area contributed by atoms with E-state index in [1.165, 1.54) is 29.1 Å². The molecule has 4 heterocycles. The van der Waals surface area contributed by atoms with Crippen LogP contribution in [0.3, 0.4) is 0 Å². The van der Waals surface area contributed by atoms with Gasteiger partial charge in [0.15, 0.2) is 26.3 Å². The molecular weight excluding hydrogens is 499 g/mol. The number of hydrogen-bond donors (Lipinski definition) is 0. The average Bonchev–Trinajstić information content (AvgIpc) is 3.25. The number of nitrogens with zero attached hydrogens (tertiary/aromatic N) is 5. The van der Waals surface area contributed by atoms with E-state index in [4.69, 9.17) is 4.74 Å². The molecule has 0 aliphatic heterocycles. The number of hydrogen-bond acceptors (Lipinski definition) is 7. The fourth-order valence-corrected chi connectivity index (χ4v) is 5.11. The zero-order chi connectivity index (χ0) is 26.0. The number of esters is 1. The maximum atomic E-state index is 13.2. The fourth-order valence-electron chi connectivity index (χ4n) is 3.95. The molecule has 0 radical (unpaired) electrons. The third-order valence-corrected chi connectivity index (χ3v) is 7.97. The van der Waals surface area contributed by atoms with Crippen molar-refractivity contribution in [1.29, 1.82) is 0 Å². The second-order valence-electron chi connectivity index (χ2n) is 9.09. The number of carbonyl (C=O) groups is 1. The van der Waals surface area contributed by atoms with E-state index in [2.05, 4.69) is 15.0 Å². The topological polar surface area (TPSA) is 108 Å². The molecule has 1 aliphatic rings. The smallest absolute Gasteiger partial charge is 0.417 e. The first kappa shape index (κ1) is 24.2. The molecule has 0 amide bonds. The molecule has 5 rings (SSSR count). The number of sulfone groups is 1. The van der Waals surface area contributed by atoms with E-state index >= 15 is 0 Å². The van der Waals surface area contributed by atoms with Gasteiger partial charge in [-0.05, 0) is 43.5 Å². The van der Waals surface area contributed by atoms with Gasteiger partial charge in [0.25, 0.3) is 0 Å². The van der Waals surface area contributed by atoms with Crippen molar-refractivity contribution in [1.82, 2.24) is 23.9 Å². The molecule has 0 unspecified atom stereocenters. The molecule has 1 saturated carbocycles. The van der Waals surface area contributed by atoms with E-state index in [9.17, 15) is 26.4 Å². The molecule has 0 aromatic carbocycles. The number of aromatic nitrogens is 5. The highest BCUT2D eigenvalue weighted by Crippen LogP contribution is 2.39. The van der Waals surface area contributed by atoms with Gasteiger partial charge in [0.1, 0.15) is 22.5 Å². The first-order valence-electron chi connectivity index (χ1n) is 11.2. The van der Waals surface area contributed by atoms with Crippen molar-refractivity contribution in [2.75, 3.05) is 5.75 Å². The summed E-state index contributed by atoms with van der Waals surface area (Å²) < 4.78 is 73.9. The molecule has 0 bridgehead atoms. The van der Waals surface area contributed by atoms with Crippen molar-refractivity contribution in [3.8, 4) is 11.5 Å². The number of ether oxygens (including phenoxy) is 1. The molecule has 0 saturated heterocycles. The minimum absolute atomic E-state index is 0.0133. The Kier molecular flexibility index (Phi) is 5.39. The number of pyridine rings is 2. The van der Waals surface area contributed by atoms with Crippen LogP contribution in [0.2, 0.25) is 0 Å². The summed E-state index contributed by atoms with van der Waals surface area (Å²) in [6.07, 6.45) is -0.783. The maximum absolute atomic E-state index is 13.2. The molecule has 0 atom stereocenters. The summed E-state index contributed by atoms with van der Waals surface area (Å²) in [6, 6.07) is 4.05. The zero-order valence-electron chi connectivity index (χ0n) is 19.6. The normalized spacial score (nSPS) is 15.5. The third-order valence-electron chi connectivity index (χ3n) is 6.23. The van der Waals surface area contributed by atoms with Crippen LogP contribution in [-0.4, -0.2) is 49.7 Å². The SMILES string of the molecule is CCS(=O)(=O)c1c(-c2nc3cc(C(F)(F)F)cnc3n2C)nc2cc(CC(=O)OC3(C)CC3)ccn12. The Labute approximate surface area is 203 Å². The average molecular weight is 522 g/mol. The van der Waals surface area contributed by atoms with Gasteiger partial charge in [0.2, 0.25) is 0 Å². The van der Waals surface area contributed by atoms with Crippen molar-refractivity contribution in [2.24, 2.45) is 7.05 Å². The van der Waals surface area contributed by atoms with Crippen LogP contribution >= 0.6 is 0 Å². The Bertz CT molecular complexity index is 1630. The van der Waals surface area contributed by atoms with Crippen molar-refractivity contribution in [3.05, 3.63) is 41.7 Å². The second-order valence-corrected chi connectivity index (χ2v) is 11.3. The molecule has 13 heteroatoms. The van der Waals surface area contributed by atoms with Gasteiger partial charge in [-0.2, -0.15) is 13.2 Å². The largest absolute Gasteiger partial charge is 0.459 e. The van der Waals surface area contributed by atoms with Crippen LogP contribution in [-0.2, 0) is 39.0 Å². The molecule has 1 aliphatic carbocycles. The highest BCUT2D eigenvalue weighted by molar-refractivity contribution is 7.91. The number of fused-ring (bicyclic) bond motifs is 2. The van der Waals surface area contributed by atoms with Crippen LogP contribution < -0.4 is 0 Å². The van der Waals surface area contributed by atoms with Crippen LogP contribution in [0.25, 0.3) is 28.3 Å². The molecule has 9 nitrogen and oxygen atoms in total. The lowest BCUT2D eigenvalue weighted by Crippen LogP contribution is -2.17. The lowest BCUT2D eigenvalue weighted by Gasteiger charge is -2.11. The molecule has 0 N–H and O–H groups in total. The first-order chi connectivity index (χ1) is 16.8. The summed E-state index contributed by atoms with van der Waals surface area (Å²) in [6.45, 7) is 3.34. The van der Waals surface area contributed by atoms with Gasteiger partial charge in [-0.1, -0.05) is 6.92 Å². The highest BCUT2D eigenvalue weighted by atomic mass is 32.2. The van der Waals surface area contributed by atoms with Gasteiger partial charge in [-0.15, -0.1) is 0 Å². The Morgan fingerprint density at radius 2 is 1.94 bits per heavy atom. The molecule has 4 aromatic heterocycles. The van der Waals surface area contributed by atoms with Crippen molar-refractivity contribution in [2.45, 2.75) is 49.9 Å². The van der Waals surface area contributed by atoms with E-state index in [1.807, 2.05) is 6.92 Å². The minimum Gasteiger partial charge on any atom is -0.459 e. The quantitative estimate of drug-likeness (QED) is 0.356. The van der Waals surface area contributed by atoms with E-state index in [1.54, 1.807) is 12.1 Å². The van der Waals surface area contributed by atoms with Gasteiger partial charge in [-0.3, -0.25) is 9.20 Å². The predicted molar refractivity (Wildman–Crippen MR) is 123 cm³/mol. The van der Waals surface area contributed by atoms with Crippen molar-refractivity contribution >= 4 is 32.6 Å². The highest BCUT2D eigenvalue weighted by Gasteiger charge is 2.41. The second kappa shape index (κ2) is 8.02. The summed E-state index contributed by atoms with van der Waals surface area (Å²) in [5.74, 6) is -0.578. The molecule has 4 aromatic rings. The number of alkyl halides is 3. The monoisotopic (exact) mass is 521 g/mol. The first-order valence-corrected chi connectivity index (χ1v) is 12.8. The number of rotatable bonds is 6. The van der Waals surface area contributed by atoms with Crippen molar-refractivity contribution < 1.29 is 31.1 Å². The molecule has 36 heavy (non-hydrogen) atoms. The van der Waals surface area contributed by atoms with Gasteiger partial charge >= 0.3 is 12.1 Å². The summed E-state index contributed by atoms with van der Waals surface area (Å²) in [7, 11) is -2.32. The van der Waals surface area contributed by atoms with Gasteiger partial charge in [0, 0.05) is 19.4 Å². The Morgan fingerprint density at radius 3 is 2.58 bits per heavy atom. The lowest BCUT2D eigenvalue weighted by atomic mass is 10.2. The van der Waals surface area contributed by atoms with Crippen LogP contribution in [0.5, 0.6) is 0 Å². The number of halogens is 3. The van der Waals surface area contributed by atoms with E-state index in [-0.39, 0.29) is 45.5 Å². The van der Waals surface area contributed by atoms with Gasteiger partial charge < -0.3 is 9.30 Å². The summed E-state index contributed by atoms with van der Waals surface area (Å²) in [5.41, 5.74) is -0.470. The maximum Gasteiger partial charge on any atom is 0.417 e. The standard InChI is InChI=1S/C23H22F3N5O4S/c1-4-36(33,34)21-18(20-28-15-11-14(23(24,25)26)12-27-19(15)30(20)3)29-16-9-13(5-8-31(16)21)10-17(32)35-22(2)6-7-22/h5,8-9,11-12H,4,6-7,10H2,1-3H3. The predicted octanol–water partition coefficient (Wildman–Crippen LogP) is 3.73. The summed E-state index contributed by atoms with van der Waals surface area (Å²) >= 11 is 0. The van der Waals surface area contributed by atoms with Crippen LogP contribution in [0.15, 0.2) is 35.6 Å². The zero-order valence-corrected chi connectivity index (χ0v) is 20.4. The summed E-state index contributed by atoms with van der Waals surface area (Å²) in [4.78, 5) is 24.9. The number of carbonyl (C=O) groups excluding carboxylic acids is 1. The van der Waals surface area contributed by atoms with E-state index in [0.717, 1.165) is 18.9 Å². The van der Waals surface area contributed by atoms with Gasteiger partial charge in [0.05, 0.1) is 17.7 Å². The fraction of sp³-hybridized carbons (Fsp3) is 0.391. The minimum atomic E-state index is -4.60. The van der Waals surface area contributed by atoms with E-state index < -0.39 is 33.1 Å². The van der Waals surface area contributed by atoms with Crippen LogP contribution in [0.1, 0.15) is 37.8 Å². The Morgan fingerprint density at radius 1 is 1.22 bits per heavy atom. The Hall–Kier alpha value is -3.48. The van der Waals surface area contributed by atoms with Crippen molar-refractivity contribution in [3.63, 3.8) is 0 Å².